The molecule has 1 aromatic rings. The Morgan fingerprint density at radius 1 is 1.47 bits per heavy atom. The van der Waals surface area contributed by atoms with Gasteiger partial charge in [-0.3, -0.25) is 4.90 Å². The summed E-state index contributed by atoms with van der Waals surface area (Å²) in [5.41, 5.74) is 2.60. The molecule has 2 rings (SSSR count). The first-order valence-corrected chi connectivity index (χ1v) is 7.28. The van der Waals surface area contributed by atoms with Crippen LogP contribution in [0.15, 0.2) is 18.2 Å². The van der Waals surface area contributed by atoms with Crippen LogP contribution in [0.2, 0.25) is 0 Å². The fraction of sp³-hybridized carbons (Fsp3) is 0.625. The van der Waals surface area contributed by atoms with E-state index in [1.54, 1.807) is 7.11 Å². The number of likely N-dealkylation sites (N-methyl/N-ethyl adjacent to an activating group) is 1. The predicted molar refractivity (Wildman–Crippen MR) is 79.8 cm³/mol. The zero-order chi connectivity index (χ0) is 13.8. The van der Waals surface area contributed by atoms with Crippen molar-refractivity contribution in [1.29, 1.82) is 0 Å². The number of nitrogens with zero attached hydrogens (tertiary/aromatic N) is 1. The highest BCUT2D eigenvalue weighted by molar-refractivity contribution is 5.39. The lowest BCUT2D eigenvalue weighted by molar-refractivity contribution is 0.160. The van der Waals surface area contributed by atoms with Crippen LogP contribution in [-0.2, 0) is 0 Å². The van der Waals surface area contributed by atoms with Crippen molar-refractivity contribution >= 4 is 0 Å². The van der Waals surface area contributed by atoms with Gasteiger partial charge in [-0.05, 0) is 39.4 Å². The molecule has 0 saturated carbocycles. The number of methoxy groups -OCH3 is 1. The molecular formula is C16H26N2O. The van der Waals surface area contributed by atoms with Gasteiger partial charge in [-0.2, -0.15) is 0 Å². The summed E-state index contributed by atoms with van der Waals surface area (Å²) in [6.45, 7) is 10.00. The molecular weight excluding hydrogens is 236 g/mol. The summed E-state index contributed by atoms with van der Waals surface area (Å²) in [6.07, 6.45) is 1.24. The van der Waals surface area contributed by atoms with Crippen LogP contribution in [-0.4, -0.2) is 37.7 Å². The van der Waals surface area contributed by atoms with Gasteiger partial charge in [0.05, 0.1) is 7.11 Å². The summed E-state index contributed by atoms with van der Waals surface area (Å²) in [7, 11) is 1.76. The number of aryl methyl sites for hydroxylation is 1. The molecule has 1 N–H and O–H groups in total. The van der Waals surface area contributed by atoms with Crippen LogP contribution >= 0.6 is 0 Å². The molecule has 106 valence electrons. The smallest absolute Gasteiger partial charge is 0.123 e. The van der Waals surface area contributed by atoms with Crippen LogP contribution in [0.4, 0.5) is 0 Å². The lowest BCUT2D eigenvalue weighted by Gasteiger charge is -2.34. The molecule has 0 aromatic heterocycles. The third-order valence-electron chi connectivity index (χ3n) is 4.20. The van der Waals surface area contributed by atoms with Gasteiger partial charge in [-0.25, -0.2) is 0 Å². The second-order valence-electron chi connectivity index (χ2n) is 5.40. The van der Waals surface area contributed by atoms with Crippen LogP contribution in [0, 0.1) is 6.92 Å². The SMILES string of the molecule is CCN(C1CCNC1)C(C)c1cc(C)ccc1OC. The summed E-state index contributed by atoms with van der Waals surface area (Å²) in [4.78, 5) is 2.58. The first-order chi connectivity index (χ1) is 9.17. The summed E-state index contributed by atoms with van der Waals surface area (Å²) >= 11 is 0. The molecule has 2 unspecified atom stereocenters. The minimum absolute atomic E-state index is 0.393. The molecule has 1 heterocycles. The third-order valence-corrected chi connectivity index (χ3v) is 4.20. The third kappa shape index (κ3) is 3.10. The highest BCUT2D eigenvalue weighted by Crippen LogP contribution is 2.32. The van der Waals surface area contributed by atoms with E-state index in [-0.39, 0.29) is 0 Å². The molecule has 1 saturated heterocycles. The quantitative estimate of drug-likeness (QED) is 0.883. The van der Waals surface area contributed by atoms with Gasteiger partial charge >= 0.3 is 0 Å². The van der Waals surface area contributed by atoms with Crippen LogP contribution in [0.25, 0.3) is 0 Å². The molecule has 0 aliphatic carbocycles. The Morgan fingerprint density at radius 2 is 2.26 bits per heavy atom. The Morgan fingerprint density at radius 3 is 2.84 bits per heavy atom. The standard InChI is InChI=1S/C16H26N2O/c1-5-18(14-8-9-17-11-14)13(3)15-10-12(2)6-7-16(15)19-4/h6-7,10,13-14,17H,5,8-9,11H2,1-4H3. The average Bonchev–Trinajstić information content (AvgIpc) is 2.93. The molecule has 0 spiro atoms. The van der Waals surface area contributed by atoms with E-state index in [2.05, 4.69) is 49.2 Å². The second-order valence-corrected chi connectivity index (χ2v) is 5.40. The van der Waals surface area contributed by atoms with E-state index in [1.165, 1.54) is 17.5 Å². The molecule has 1 aliphatic heterocycles. The van der Waals surface area contributed by atoms with Crippen molar-refractivity contribution < 1.29 is 4.74 Å². The van der Waals surface area contributed by atoms with Crippen molar-refractivity contribution in [2.24, 2.45) is 0 Å². The molecule has 0 radical (unpaired) electrons. The summed E-state index contributed by atoms with van der Waals surface area (Å²) in [5, 5.41) is 3.46. The molecule has 1 aliphatic rings. The Bertz CT molecular complexity index is 413. The van der Waals surface area contributed by atoms with Gasteiger partial charge in [-0.15, -0.1) is 0 Å². The summed E-state index contributed by atoms with van der Waals surface area (Å²) < 4.78 is 5.54. The predicted octanol–water partition coefficient (Wildman–Crippen LogP) is 2.75. The minimum Gasteiger partial charge on any atom is -0.496 e. The minimum atomic E-state index is 0.393. The molecule has 3 nitrogen and oxygen atoms in total. The van der Waals surface area contributed by atoms with Crippen LogP contribution < -0.4 is 10.1 Å². The van der Waals surface area contributed by atoms with E-state index >= 15 is 0 Å². The van der Waals surface area contributed by atoms with Gasteiger partial charge in [0.1, 0.15) is 5.75 Å². The normalized spacial score (nSPS) is 20.8. The highest BCUT2D eigenvalue weighted by Gasteiger charge is 2.27. The van der Waals surface area contributed by atoms with Gasteiger partial charge in [0.15, 0.2) is 0 Å². The van der Waals surface area contributed by atoms with E-state index in [0.29, 0.717) is 12.1 Å². The zero-order valence-corrected chi connectivity index (χ0v) is 12.6. The number of hydrogen-bond acceptors (Lipinski definition) is 3. The number of ether oxygens (including phenoxy) is 1. The first kappa shape index (κ1) is 14.4. The number of rotatable bonds is 5. The van der Waals surface area contributed by atoms with E-state index in [9.17, 15) is 0 Å². The van der Waals surface area contributed by atoms with Gasteiger partial charge in [0.25, 0.3) is 0 Å². The molecule has 0 bridgehead atoms. The fourth-order valence-electron chi connectivity index (χ4n) is 3.13. The maximum Gasteiger partial charge on any atom is 0.123 e. The monoisotopic (exact) mass is 262 g/mol. The van der Waals surface area contributed by atoms with Crippen LogP contribution in [0.1, 0.15) is 37.4 Å². The van der Waals surface area contributed by atoms with E-state index in [0.717, 1.165) is 25.4 Å². The van der Waals surface area contributed by atoms with Crippen molar-refractivity contribution in [2.75, 3.05) is 26.7 Å². The van der Waals surface area contributed by atoms with Crippen molar-refractivity contribution in [3.63, 3.8) is 0 Å². The maximum absolute atomic E-state index is 5.54. The maximum atomic E-state index is 5.54. The van der Waals surface area contributed by atoms with E-state index < -0.39 is 0 Å². The van der Waals surface area contributed by atoms with Gasteiger partial charge < -0.3 is 10.1 Å². The summed E-state index contributed by atoms with van der Waals surface area (Å²) in [5.74, 6) is 1.00. The summed E-state index contributed by atoms with van der Waals surface area (Å²) in [6, 6.07) is 7.49. The second kappa shape index (κ2) is 6.40. The highest BCUT2D eigenvalue weighted by atomic mass is 16.5. The van der Waals surface area contributed by atoms with Crippen molar-refractivity contribution in [3.05, 3.63) is 29.3 Å². The van der Waals surface area contributed by atoms with Crippen molar-refractivity contribution in [3.8, 4) is 5.75 Å². The molecule has 0 amide bonds. The Hall–Kier alpha value is -1.06. The Kier molecular flexibility index (Phi) is 4.83. The Balaban J connectivity index is 2.25. The van der Waals surface area contributed by atoms with Gasteiger partial charge in [0.2, 0.25) is 0 Å². The van der Waals surface area contributed by atoms with Gasteiger partial charge in [0, 0.05) is 24.2 Å². The van der Waals surface area contributed by atoms with Crippen molar-refractivity contribution in [2.45, 2.75) is 39.3 Å². The first-order valence-electron chi connectivity index (χ1n) is 7.28. The zero-order valence-electron chi connectivity index (χ0n) is 12.6. The average molecular weight is 262 g/mol. The molecule has 3 heteroatoms. The lowest BCUT2D eigenvalue weighted by Crippen LogP contribution is -2.38. The number of nitrogens with one attached hydrogen (secondary N) is 1. The topological polar surface area (TPSA) is 24.5 Å². The van der Waals surface area contributed by atoms with E-state index in [1.807, 2.05) is 0 Å². The number of hydrogen-bond donors (Lipinski definition) is 1. The van der Waals surface area contributed by atoms with Crippen LogP contribution in [0.3, 0.4) is 0 Å². The molecule has 19 heavy (non-hydrogen) atoms. The molecule has 1 fully saturated rings. The van der Waals surface area contributed by atoms with Gasteiger partial charge in [-0.1, -0.05) is 24.6 Å². The Labute approximate surface area is 116 Å². The lowest BCUT2D eigenvalue weighted by atomic mass is 10.0. The van der Waals surface area contributed by atoms with E-state index in [4.69, 9.17) is 4.74 Å². The van der Waals surface area contributed by atoms with Crippen molar-refractivity contribution in [1.82, 2.24) is 10.2 Å². The van der Waals surface area contributed by atoms with Crippen LogP contribution in [0.5, 0.6) is 5.75 Å². The largest absolute Gasteiger partial charge is 0.496 e. The fourth-order valence-corrected chi connectivity index (χ4v) is 3.13. The molecule has 1 aromatic carbocycles. The molecule has 2 atom stereocenters. The number of benzene rings is 1.